The van der Waals surface area contributed by atoms with Crippen LogP contribution in [0.15, 0.2) is 54.1 Å². The molecular formula is C19H17ClN4O5. The lowest BCUT2D eigenvalue weighted by Crippen LogP contribution is -2.22. The molecule has 2 aromatic rings. The maximum atomic E-state index is 11.8. The van der Waals surface area contributed by atoms with Crippen LogP contribution in [0.1, 0.15) is 12.5 Å². The third-order valence-electron chi connectivity index (χ3n) is 3.70. The highest BCUT2D eigenvalue weighted by Gasteiger charge is 2.33. The molecule has 3 rings (SSSR count). The molecule has 1 amide bonds. The molecular weight excluding hydrogens is 400 g/mol. The van der Waals surface area contributed by atoms with E-state index in [4.69, 9.17) is 27.5 Å². The van der Waals surface area contributed by atoms with Gasteiger partial charge in [0.2, 0.25) is 0 Å². The summed E-state index contributed by atoms with van der Waals surface area (Å²) in [6.45, 7) is 1.88. The van der Waals surface area contributed by atoms with Crippen LogP contribution in [0.3, 0.4) is 0 Å². The van der Waals surface area contributed by atoms with E-state index in [-0.39, 0.29) is 29.3 Å². The van der Waals surface area contributed by atoms with Gasteiger partial charge in [-0.15, -0.1) is 0 Å². The van der Waals surface area contributed by atoms with Crippen LogP contribution in [-0.2, 0) is 14.3 Å². The summed E-state index contributed by atoms with van der Waals surface area (Å²) in [4.78, 5) is 32.9. The lowest BCUT2D eigenvalue weighted by Gasteiger charge is -2.05. The lowest BCUT2D eigenvalue weighted by molar-refractivity contribution is -0.383. The number of ether oxygens (including phenoxy) is 1. The van der Waals surface area contributed by atoms with Crippen LogP contribution in [0.2, 0.25) is 5.02 Å². The fourth-order valence-corrected chi connectivity index (χ4v) is 2.55. The quantitative estimate of drug-likeness (QED) is 0.302. The minimum absolute atomic E-state index is 0.00644. The SMILES string of the molecule is CCOC(=O)C1=C(c2ccccc2)NC(=O)C1=N.Nc1ccc(Cl)cc1[N+](=O)[O-]. The summed E-state index contributed by atoms with van der Waals surface area (Å²) in [5.41, 5.74) is 5.91. The summed E-state index contributed by atoms with van der Waals surface area (Å²) < 4.78 is 4.87. The van der Waals surface area contributed by atoms with E-state index in [1.54, 1.807) is 31.2 Å². The summed E-state index contributed by atoms with van der Waals surface area (Å²) in [5.74, 6) is -1.24. The number of amides is 1. The molecule has 0 aromatic heterocycles. The van der Waals surface area contributed by atoms with Crippen molar-refractivity contribution in [1.29, 1.82) is 5.41 Å². The van der Waals surface area contributed by atoms with Crippen molar-refractivity contribution in [3.8, 4) is 0 Å². The molecule has 0 bridgehead atoms. The van der Waals surface area contributed by atoms with E-state index >= 15 is 0 Å². The van der Waals surface area contributed by atoms with Crippen molar-refractivity contribution in [3.63, 3.8) is 0 Å². The molecule has 10 heteroatoms. The summed E-state index contributed by atoms with van der Waals surface area (Å²) in [5, 5.41) is 20.7. The second-order valence-electron chi connectivity index (χ2n) is 5.63. The minimum atomic E-state index is -0.653. The highest BCUT2D eigenvalue weighted by molar-refractivity contribution is 6.55. The van der Waals surface area contributed by atoms with Crippen LogP contribution in [-0.4, -0.2) is 29.1 Å². The van der Waals surface area contributed by atoms with Crippen LogP contribution in [0.25, 0.3) is 5.70 Å². The first-order chi connectivity index (χ1) is 13.8. The molecule has 0 atom stereocenters. The Morgan fingerprint density at radius 2 is 1.93 bits per heavy atom. The summed E-state index contributed by atoms with van der Waals surface area (Å²) >= 11 is 5.50. The van der Waals surface area contributed by atoms with E-state index in [2.05, 4.69) is 5.32 Å². The maximum Gasteiger partial charge on any atom is 0.342 e. The Bertz CT molecular complexity index is 1000. The van der Waals surface area contributed by atoms with Crippen LogP contribution in [0, 0.1) is 15.5 Å². The van der Waals surface area contributed by atoms with Crippen molar-refractivity contribution in [2.24, 2.45) is 0 Å². The fourth-order valence-electron chi connectivity index (χ4n) is 2.38. The Morgan fingerprint density at radius 1 is 1.28 bits per heavy atom. The number of nitro benzene ring substituents is 1. The predicted octanol–water partition coefficient (Wildman–Crippen LogP) is 2.94. The molecule has 0 aliphatic carbocycles. The number of hydrogen-bond donors (Lipinski definition) is 3. The Hall–Kier alpha value is -3.72. The number of esters is 1. The number of hydrogen-bond acceptors (Lipinski definition) is 7. The second kappa shape index (κ2) is 9.47. The number of nitrogen functional groups attached to an aromatic ring is 1. The van der Waals surface area contributed by atoms with E-state index in [0.717, 1.165) is 0 Å². The lowest BCUT2D eigenvalue weighted by atomic mass is 10.1. The summed E-state index contributed by atoms with van der Waals surface area (Å²) in [6, 6.07) is 13.1. The van der Waals surface area contributed by atoms with Crippen molar-refractivity contribution < 1.29 is 19.2 Å². The number of rotatable bonds is 4. The number of benzene rings is 2. The molecule has 0 unspecified atom stereocenters. The molecule has 0 saturated heterocycles. The van der Waals surface area contributed by atoms with E-state index in [9.17, 15) is 19.7 Å². The van der Waals surface area contributed by atoms with Crippen LogP contribution in [0.5, 0.6) is 0 Å². The molecule has 2 aromatic carbocycles. The van der Waals surface area contributed by atoms with Gasteiger partial charge in [0.05, 0.1) is 17.2 Å². The van der Waals surface area contributed by atoms with Gasteiger partial charge in [0, 0.05) is 11.1 Å². The number of nitro groups is 1. The number of carbonyl (C=O) groups excluding carboxylic acids is 2. The van der Waals surface area contributed by atoms with Crippen molar-refractivity contribution in [2.45, 2.75) is 6.92 Å². The number of nitrogens with zero attached hydrogens (tertiary/aromatic N) is 1. The largest absolute Gasteiger partial charge is 0.462 e. The van der Waals surface area contributed by atoms with Crippen molar-refractivity contribution in [2.75, 3.05) is 12.3 Å². The van der Waals surface area contributed by atoms with E-state index < -0.39 is 16.8 Å². The molecule has 9 nitrogen and oxygen atoms in total. The molecule has 4 N–H and O–H groups in total. The molecule has 0 saturated carbocycles. The zero-order valence-electron chi connectivity index (χ0n) is 15.3. The van der Waals surface area contributed by atoms with Gasteiger partial charge >= 0.3 is 5.97 Å². The van der Waals surface area contributed by atoms with Gasteiger partial charge in [-0.25, -0.2) is 4.79 Å². The highest BCUT2D eigenvalue weighted by atomic mass is 35.5. The Balaban J connectivity index is 0.000000234. The predicted molar refractivity (Wildman–Crippen MR) is 108 cm³/mol. The molecule has 1 heterocycles. The van der Waals surface area contributed by atoms with E-state index in [1.807, 2.05) is 6.07 Å². The summed E-state index contributed by atoms with van der Waals surface area (Å²) in [7, 11) is 0. The number of anilines is 1. The average Bonchev–Trinajstić information content (AvgIpc) is 3.00. The van der Waals surface area contributed by atoms with Gasteiger partial charge < -0.3 is 15.8 Å². The van der Waals surface area contributed by atoms with Crippen molar-refractivity contribution >= 4 is 46.3 Å². The zero-order valence-corrected chi connectivity index (χ0v) is 16.0. The molecule has 1 aliphatic heterocycles. The standard InChI is InChI=1S/C13H12N2O3.C6H5ClN2O2/c1-2-18-13(17)9-10(14)12(16)15-11(9)8-6-4-3-5-7-8;7-4-1-2-5(8)6(3-4)9(10)11/h3-7H,2H2,1H3,(H2,14,15,16);1-3H,8H2. The number of nitrogens with one attached hydrogen (secondary N) is 2. The van der Waals surface area contributed by atoms with Crippen LogP contribution < -0.4 is 11.1 Å². The van der Waals surface area contributed by atoms with Crippen LogP contribution >= 0.6 is 11.6 Å². The first kappa shape index (κ1) is 21.6. The van der Waals surface area contributed by atoms with Gasteiger partial charge in [0.1, 0.15) is 17.0 Å². The maximum absolute atomic E-state index is 11.8. The minimum Gasteiger partial charge on any atom is -0.462 e. The Labute approximate surface area is 170 Å². The molecule has 0 fully saturated rings. The molecule has 0 spiro atoms. The number of carbonyl (C=O) groups is 2. The third-order valence-corrected chi connectivity index (χ3v) is 3.93. The monoisotopic (exact) mass is 416 g/mol. The van der Waals surface area contributed by atoms with Gasteiger partial charge in [0.15, 0.2) is 0 Å². The van der Waals surface area contributed by atoms with Gasteiger partial charge in [-0.1, -0.05) is 41.9 Å². The van der Waals surface area contributed by atoms with Crippen molar-refractivity contribution in [3.05, 3.63) is 74.8 Å². The van der Waals surface area contributed by atoms with Gasteiger partial charge in [-0.3, -0.25) is 20.3 Å². The fraction of sp³-hybridized carbons (Fsp3) is 0.105. The Kier molecular flexibility index (Phi) is 7.05. The first-order valence-corrected chi connectivity index (χ1v) is 8.70. The average molecular weight is 417 g/mol. The van der Waals surface area contributed by atoms with Gasteiger partial charge in [-0.05, 0) is 24.6 Å². The van der Waals surface area contributed by atoms with Crippen molar-refractivity contribution in [1.82, 2.24) is 5.32 Å². The van der Waals surface area contributed by atoms with Gasteiger partial charge in [-0.2, -0.15) is 0 Å². The van der Waals surface area contributed by atoms with Crippen LogP contribution in [0.4, 0.5) is 11.4 Å². The highest BCUT2D eigenvalue weighted by Crippen LogP contribution is 2.24. The summed E-state index contributed by atoms with van der Waals surface area (Å²) in [6.07, 6.45) is 0. The Morgan fingerprint density at radius 3 is 2.48 bits per heavy atom. The van der Waals surface area contributed by atoms with E-state index in [0.29, 0.717) is 16.3 Å². The number of halogens is 1. The third kappa shape index (κ3) is 5.17. The molecule has 1 aliphatic rings. The smallest absolute Gasteiger partial charge is 0.342 e. The molecule has 150 valence electrons. The normalized spacial score (nSPS) is 12.8. The molecule has 29 heavy (non-hydrogen) atoms. The zero-order chi connectivity index (χ0) is 21.6. The molecule has 0 radical (unpaired) electrons. The van der Waals surface area contributed by atoms with Gasteiger partial charge in [0.25, 0.3) is 11.6 Å². The first-order valence-electron chi connectivity index (χ1n) is 8.32. The topological polar surface area (TPSA) is 148 Å². The van der Waals surface area contributed by atoms with E-state index in [1.165, 1.54) is 18.2 Å². The second-order valence-corrected chi connectivity index (χ2v) is 6.06. The number of nitrogens with two attached hydrogens (primary N) is 1.